The van der Waals surface area contributed by atoms with Gasteiger partial charge in [-0.15, -0.1) is 0 Å². The number of rotatable bonds is 3. The van der Waals surface area contributed by atoms with Gasteiger partial charge in [-0.3, -0.25) is 9.54 Å². The molecule has 3 aromatic rings. The zero-order valence-corrected chi connectivity index (χ0v) is 14.8. The molecule has 0 aliphatic carbocycles. The van der Waals surface area contributed by atoms with Crippen LogP contribution in [-0.4, -0.2) is 28.7 Å². The molecule has 2 heterocycles. The number of aromatic amines is 1. The van der Waals surface area contributed by atoms with E-state index in [1.165, 1.54) is 12.5 Å². The van der Waals surface area contributed by atoms with Crippen molar-refractivity contribution in [2.45, 2.75) is 6.92 Å². The fourth-order valence-electron chi connectivity index (χ4n) is 1.51. The minimum absolute atomic E-state index is 0.201. The summed E-state index contributed by atoms with van der Waals surface area (Å²) in [4.78, 5) is 6.91. The number of H-pyrrole nitrogens is 1. The van der Waals surface area contributed by atoms with Crippen molar-refractivity contribution in [2.24, 2.45) is 0 Å². The number of nitrogens with one attached hydrogen (secondary N) is 1. The summed E-state index contributed by atoms with van der Waals surface area (Å²) in [6.07, 6.45) is 9.58. The normalized spacial score (nSPS) is 10.3. The molecule has 0 unspecified atom stereocenters. The lowest BCUT2D eigenvalue weighted by atomic mass is 10.2. The van der Waals surface area contributed by atoms with Crippen LogP contribution >= 0.6 is 0 Å². The van der Waals surface area contributed by atoms with Gasteiger partial charge in [0.15, 0.2) is 0 Å². The summed E-state index contributed by atoms with van der Waals surface area (Å²) in [5.41, 5.74) is 2.35. The SMILES string of the molecule is C(=Cc1ccc[nH]1)c1ccccc1.CCS(=O)(=O)O.c1ccncc1. The number of nitrogens with zero attached hydrogens (tertiary/aromatic N) is 1. The molecule has 3 rings (SSSR count). The Morgan fingerprint density at radius 1 is 0.960 bits per heavy atom. The fraction of sp³-hybridized carbons (Fsp3) is 0.105. The lowest BCUT2D eigenvalue weighted by molar-refractivity contribution is 0.484. The van der Waals surface area contributed by atoms with Crippen LogP contribution in [0.3, 0.4) is 0 Å². The van der Waals surface area contributed by atoms with Crippen LogP contribution in [0.25, 0.3) is 12.2 Å². The Morgan fingerprint density at radius 3 is 1.96 bits per heavy atom. The predicted octanol–water partition coefficient (Wildman–Crippen LogP) is 4.16. The molecular formula is C19H22N2O3S. The van der Waals surface area contributed by atoms with Crippen molar-refractivity contribution in [3.63, 3.8) is 0 Å². The molecule has 132 valence electrons. The van der Waals surface area contributed by atoms with E-state index in [4.69, 9.17) is 4.55 Å². The molecule has 2 aromatic heterocycles. The predicted molar refractivity (Wildman–Crippen MR) is 102 cm³/mol. The highest BCUT2D eigenvalue weighted by molar-refractivity contribution is 7.85. The molecule has 0 aliphatic heterocycles. The minimum atomic E-state index is -3.66. The van der Waals surface area contributed by atoms with Crippen LogP contribution in [0.15, 0.2) is 79.3 Å². The van der Waals surface area contributed by atoms with Crippen molar-refractivity contribution in [1.29, 1.82) is 0 Å². The van der Waals surface area contributed by atoms with Crippen molar-refractivity contribution in [2.75, 3.05) is 5.75 Å². The molecule has 2 N–H and O–H groups in total. The molecular weight excluding hydrogens is 336 g/mol. The second-order valence-corrected chi connectivity index (χ2v) is 6.51. The van der Waals surface area contributed by atoms with Crippen LogP contribution in [0.4, 0.5) is 0 Å². The lowest BCUT2D eigenvalue weighted by Gasteiger charge is -1.89. The number of hydrogen-bond acceptors (Lipinski definition) is 3. The van der Waals surface area contributed by atoms with E-state index in [2.05, 4.69) is 34.3 Å². The third-order valence-electron chi connectivity index (χ3n) is 2.81. The van der Waals surface area contributed by atoms with Crippen LogP contribution in [0.1, 0.15) is 18.2 Å². The second kappa shape index (κ2) is 11.8. The van der Waals surface area contributed by atoms with E-state index in [-0.39, 0.29) is 5.75 Å². The van der Waals surface area contributed by atoms with Crippen molar-refractivity contribution in [1.82, 2.24) is 9.97 Å². The van der Waals surface area contributed by atoms with Gasteiger partial charge in [-0.2, -0.15) is 8.42 Å². The molecule has 6 heteroatoms. The van der Waals surface area contributed by atoms with Gasteiger partial charge in [0.1, 0.15) is 0 Å². The highest BCUT2D eigenvalue weighted by Crippen LogP contribution is 2.05. The second-order valence-electron chi connectivity index (χ2n) is 4.76. The minimum Gasteiger partial charge on any atom is -0.362 e. The van der Waals surface area contributed by atoms with Crippen molar-refractivity contribution >= 4 is 22.3 Å². The van der Waals surface area contributed by atoms with Crippen molar-refractivity contribution in [3.8, 4) is 0 Å². The number of hydrogen-bond donors (Lipinski definition) is 2. The summed E-state index contributed by atoms with van der Waals surface area (Å²) >= 11 is 0. The number of benzene rings is 1. The Kier molecular flexibility index (Phi) is 9.58. The van der Waals surface area contributed by atoms with Crippen LogP contribution in [0, 0.1) is 0 Å². The first-order valence-electron chi connectivity index (χ1n) is 7.68. The van der Waals surface area contributed by atoms with Crippen LogP contribution in [-0.2, 0) is 10.1 Å². The molecule has 0 bridgehead atoms. The van der Waals surface area contributed by atoms with Crippen LogP contribution < -0.4 is 0 Å². The lowest BCUT2D eigenvalue weighted by Crippen LogP contribution is -1.97. The first kappa shape index (κ1) is 20.3. The molecule has 1 aromatic carbocycles. The summed E-state index contributed by atoms with van der Waals surface area (Å²) in [5, 5.41) is 0. The Balaban J connectivity index is 0.000000218. The molecule has 0 aliphatic rings. The quantitative estimate of drug-likeness (QED) is 0.689. The van der Waals surface area contributed by atoms with Crippen LogP contribution in [0.2, 0.25) is 0 Å². The van der Waals surface area contributed by atoms with E-state index in [9.17, 15) is 8.42 Å². The van der Waals surface area contributed by atoms with Gasteiger partial charge in [0.25, 0.3) is 10.1 Å². The first-order chi connectivity index (χ1) is 12.0. The summed E-state index contributed by atoms with van der Waals surface area (Å²) < 4.78 is 26.9. The molecule has 0 atom stereocenters. The topological polar surface area (TPSA) is 83.0 Å². The van der Waals surface area contributed by atoms with E-state index in [1.807, 2.05) is 54.7 Å². The Labute approximate surface area is 148 Å². The largest absolute Gasteiger partial charge is 0.362 e. The number of pyridine rings is 1. The van der Waals surface area contributed by atoms with Gasteiger partial charge in [-0.1, -0.05) is 42.5 Å². The van der Waals surface area contributed by atoms with E-state index in [0.29, 0.717) is 0 Å². The maximum Gasteiger partial charge on any atom is 0.264 e. The summed E-state index contributed by atoms with van der Waals surface area (Å²) in [6.45, 7) is 1.37. The monoisotopic (exact) mass is 358 g/mol. The highest BCUT2D eigenvalue weighted by Gasteiger charge is 1.93. The van der Waals surface area contributed by atoms with E-state index in [0.717, 1.165) is 5.69 Å². The summed E-state index contributed by atoms with van der Waals surface area (Å²) in [7, 11) is -3.66. The molecule has 0 saturated carbocycles. The first-order valence-corrected chi connectivity index (χ1v) is 9.29. The van der Waals surface area contributed by atoms with E-state index < -0.39 is 10.1 Å². The molecule has 5 nitrogen and oxygen atoms in total. The van der Waals surface area contributed by atoms with Gasteiger partial charge < -0.3 is 4.98 Å². The third-order valence-corrected chi connectivity index (χ3v) is 3.54. The van der Waals surface area contributed by atoms with Gasteiger partial charge in [-0.05, 0) is 42.8 Å². The Morgan fingerprint density at radius 2 is 1.56 bits per heavy atom. The summed E-state index contributed by atoms with van der Waals surface area (Å²) in [6, 6.07) is 20.0. The summed E-state index contributed by atoms with van der Waals surface area (Å²) in [5.74, 6) is -0.201. The van der Waals surface area contributed by atoms with Gasteiger partial charge in [-0.25, -0.2) is 0 Å². The molecule has 0 spiro atoms. The molecule has 0 saturated heterocycles. The maximum atomic E-state index is 9.56. The van der Waals surface area contributed by atoms with Gasteiger partial charge in [0.05, 0.1) is 5.75 Å². The molecule has 0 fully saturated rings. The van der Waals surface area contributed by atoms with Crippen molar-refractivity contribution in [3.05, 3.63) is 90.5 Å². The van der Waals surface area contributed by atoms with Gasteiger partial charge >= 0.3 is 0 Å². The Hall–Kier alpha value is -2.70. The van der Waals surface area contributed by atoms with Crippen LogP contribution in [0.5, 0.6) is 0 Å². The smallest absolute Gasteiger partial charge is 0.264 e. The maximum absolute atomic E-state index is 9.56. The number of aromatic nitrogens is 2. The van der Waals surface area contributed by atoms with Crippen molar-refractivity contribution < 1.29 is 13.0 Å². The zero-order valence-electron chi connectivity index (χ0n) is 14.0. The third kappa shape index (κ3) is 11.5. The van der Waals surface area contributed by atoms with Gasteiger partial charge in [0.2, 0.25) is 0 Å². The highest BCUT2D eigenvalue weighted by atomic mass is 32.2. The van der Waals surface area contributed by atoms with E-state index >= 15 is 0 Å². The average Bonchev–Trinajstić information content (AvgIpc) is 3.16. The Bertz CT molecular complexity index is 774. The molecule has 0 radical (unpaired) electrons. The van der Waals surface area contributed by atoms with Gasteiger partial charge in [0, 0.05) is 24.3 Å². The molecule has 0 amide bonds. The fourth-order valence-corrected chi connectivity index (χ4v) is 1.51. The standard InChI is InChI=1S/C12H11N.C5H5N.C2H6O3S/c1-2-5-11(6-3-1)8-9-12-7-4-10-13-12;1-2-4-6-5-3-1;1-2-6(3,4)5/h1-10,13H;1-5H;2H2,1H3,(H,3,4,5). The van der Waals surface area contributed by atoms with E-state index in [1.54, 1.807) is 12.4 Å². The zero-order chi connectivity index (χ0) is 18.4. The average molecular weight is 358 g/mol. The molecule has 25 heavy (non-hydrogen) atoms.